The summed E-state index contributed by atoms with van der Waals surface area (Å²) in [6.07, 6.45) is 75.9. The van der Waals surface area contributed by atoms with E-state index in [0.717, 1.165) is 122 Å². The zero-order chi connectivity index (χ0) is 50.0. The summed E-state index contributed by atoms with van der Waals surface area (Å²) in [5.74, 6) is -0.904. The second kappa shape index (κ2) is 56.9. The first kappa shape index (κ1) is 65.3. The van der Waals surface area contributed by atoms with Gasteiger partial charge in [-0.25, -0.2) is 0 Å². The molecule has 0 aliphatic heterocycles. The van der Waals surface area contributed by atoms with Gasteiger partial charge in [-0.05, 0) is 96.3 Å². The molecule has 6 heteroatoms. The van der Waals surface area contributed by atoms with E-state index < -0.39 is 6.10 Å². The van der Waals surface area contributed by atoms with Crippen LogP contribution in [0.3, 0.4) is 0 Å². The minimum atomic E-state index is -0.779. The highest BCUT2D eigenvalue weighted by Gasteiger charge is 2.19. The van der Waals surface area contributed by atoms with E-state index in [1.807, 2.05) is 0 Å². The smallest absolute Gasteiger partial charge is 0.306 e. The topological polar surface area (TPSA) is 78.9 Å². The molecule has 1 unspecified atom stereocenters. The summed E-state index contributed by atoms with van der Waals surface area (Å²) in [5.41, 5.74) is 0. The number of carbonyl (C=O) groups is 3. The molecule has 0 bridgehead atoms. The third kappa shape index (κ3) is 55.1. The highest BCUT2D eigenvalue weighted by molar-refractivity contribution is 5.71. The maximum Gasteiger partial charge on any atom is 0.306 e. The second-order valence-corrected chi connectivity index (χ2v) is 18.8. The quantitative estimate of drug-likeness (QED) is 0.0262. The first-order valence-corrected chi connectivity index (χ1v) is 28.7. The van der Waals surface area contributed by atoms with Crippen LogP contribution in [0, 0.1) is 0 Å². The van der Waals surface area contributed by atoms with Crippen molar-refractivity contribution in [3.8, 4) is 0 Å². The van der Waals surface area contributed by atoms with E-state index >= 15 is 0 Å². The summed E-state index contributed by atoms with van der Waals surface area (Å²) >= 11 is 0. The van der Waals surface area contributed by atoms with Crippen molar-refractivity contribution >= 4 is 17.9 Å². The number of hydrogen-bond acceptors (Lipinski definition) is 6. The minimum absolute atomic E-state index is 0.0814. The fourth-order valence-electron chi connectivity index (χ4n) is 7.84. The highest BCUT2D eigenvalue weighted by atomic mass is 16.6. The molecule has 0 radical (unpaired) electrons. The third-order valence-electron chi connectivity index (χ3n) is 12.1. The van der Waals surface area contributed by atoms with Gasteiger partial charge < -0.3 is 14.2 Å². The van der Waals surface area contributed by atoms with E-state index in [1.165, 1.54) is 103 Å². The minimum Gasteiger partial charge on any atom is -0.462 e. The number of unbranched alkanes of at least 4 members (excludes halogenated alkanes) is 24. The number of rotatable bonds is 51. The Morgan fingerprint density at radius 2 is 0.565 bits per heavy atom. The Morgan fingerprint density at radius 1 is 0.304 bits per heavy atom. The van der Waals surface area contributed by atoms with Crippen LogP contribution in [0.25, 0.3) is 0 Å². The van der Waals surface area contributed by atoms with Crippen molar-refractivity contribution in [3.63, 3.8) is 0 Å². The molecule has 0 heterocycles. The van der Waals surface area contributed by atoms with Crippen LogP contribution in [-0.4, -0.2) is 37.2 Å². The number of hydrogen-bond donors (Lipinski definition) is 0. The molecule has 0 fully saturated rings. The molecule has 69 heavy (non-hydrogen) atoms. The van der Waals surface area contributed by atoms with Gasteiger partial charge in [0.2, 0.25) is 0 Å². The lowest BCUT2D eigenvalue weighted by Gasteiger charge is -2.18. The van der Waals surface area contributed by atoms with Gasteiger partial charge in [0.25, 0.3) is 0 Å². The normalized spacial score (nSPS) is 12.8. The Labute approximate surface area is 426 Å². The average molecular weight is 960 g/mol. The lowest BCUT2D eigenvalue weighted by Crippen LogP contribution is -2.30. The van der Waals surface area contributed by atoms with Gasteiger partial charge >= 0.3 is 17.9 Å². The van der Waals surface area contributed by atoms with Gasteiger partial charge in [0.15, 0.2) is 6.10 Å². The SMILES string of the molecule is CC/C=C\C/C=C\C/C=C\C/C=C\C/C=C\CCCCCCCCCCCCCCCC(=O)OCC(COC(=O)CCCCCCC)OC(=O)CCCCCCCCC/C=C\C/C=C\C/C=C\CC. The van der Waals surface area contributed by atoms with Crippen molar-refractivity contribution in [3.05, 3.63) is 97.2 Å². The predicted octanol–water partition coefficient (Wildman–Crippen LogP) is 19.3. The lowest BCUT2D eigenvalue weighted by atomic mass is 10.0. The Balaban J connectivity index is 4.05. The molecule has 1 atom stereocenters. The molecule has 0 saturated carbocycles. The van der Waals surface area contributed by atoms with Crippen LogP contribution in [0.5, 0.6) is 0 Å². The summed E-state index contributed by atoms with van der Waals surface area (Å²) in [6.45, 7) is 6.33. The van der Waals surface area contributed by atoms with Crippen molar-refractivity contribution in [1.29, 1.82) is 0 Å². The van der Waals surface area contributed by atoms with E-state index in [-0.39, 0.29) is 31.1 Å². The highest BCUT2D eigenvalue weighted by Crippen LogP contribution is 2.15. The van der Waals surface area contributed by atoms with Gasteiger partial charge in [0.05, 0.1) is 0 Å². The van der Waals surface area contributed by atoms with Gasteiger partial charge in [-0.1, -0.05) is 246 Å². The Bertz CT molecular complexity index is 1380. The third-order valence-corrected chi connectivity index (χ3v) is 12.1. The van der Waals surface area contributed by atoms with Gasteiger partial charge in [-0.15, -0.1) is 0 Å². The summed E-state index contributed by atoms with van der Waals surface area (Å²) in [4.78, 5) is 37.8. The molecule has 0 aromatic rings. The second-order valence-electron chi connectivity index (χ2n) is 18.8. The molecule has 0 aliphatic rings. The maximum atomic E-state index is 12.8. The molecular formula is C63H106O6. The van der Waals surface area contributed by atoms with Gasteiger partial charge in [0, 0.05) is 19.3 Å². The largest absolute Gasteiger partial charge is 0.462 e. The number of carbonyl (C=O) groups excluding carboxylic acids is 3. The number of ether oxygens (including phenoxy) is 3. The maximum absolute atomic E-state index is 12.8. The summed E-state index contributed by atoms with van der Waals surface area (Å²) in [7, 11) is 0. The summed E-state index contributed by atoms with van der Waals surface area (Å²) in [6, 6.07) is 0. The molecule has 0 saturated heterocycles. The standard InChI is InChI=1S/C63H106O6/c1-4-7-10-13-15-17-19-21-23-25-26-27-28-29-30-31-32-33-34-35-36-38-39-41-43-45-47-50-53-56-62(65)68-59-60(58-67-61(64)55-52-49-12-9-6-3)69-63(66)57-54-51-48-46-44-42-40-37-24-22-20-18-16-14-11-8-5-2/h7-8,10-11,15-18,21-24,26-27,29-30,60H,4-6,9,12-14,19-20,25,28,31-59H2,1-3H3/b10-7-,11-8-,17-15-,18-16-,23-21-,24-22-,27-26-,30-29-. The van der Waals surface area contributed by atoms with Crippen molar-refractivity contribution in [2.24, 2.45) is 0 Å². The average Bonchev–Trinajstić information content (AvgIpc) is 3.35. The molecular weight excluding hydrogens is 853 g/mol. The van der Waals surface area contributed by atoms with E-state index in [2.05, 4.69) is 118 Å². The van der Waals surface area contributed by atoms with Gasteiger partial charge in [-0.3, -0.25) is 14.4 Å². The zero-order valence-electron chi connectivity index (χ0n) is 45.0. The number of esters is 3. The first-order valence-electron chi connectivity index (χ1n) is 28.7. The van der Waals surface area contributed by atoms with Crippen LogP contribution < -0.4 is 0 Å². The van der Waals surface area contributed by atoms with Crippen LogP contribution in [0.1, 0.15) is 265 Å². The lowest BCUT2D eigenvalue weighted by molar-refractivity contribution is -0.167. The molecule has 0 N–H and O–H groups in total. The molecule has 6 nitrogen and oxygen atoms in total. The molecule has 0 aliphatic carbocycles. The first-order chi connectivity index (χ1) is 34.0. The Morgan fingerprint density at radius 3 is 0.884 bits per heavy atom. The van der Waals surface area contributed by atoms with Crippen molar-refractivity contribution in [2.45, 2.75) is 271 Å². The van der Waals surface area contributed by atoms with Crippen molar-refractivity contribution < 1.29 is 28.6 Å². The van der Waals surface area contributed by atoms with Gasteiger partial charge in [-0.2, -0.15) is 0 Å². The Kier molecular flexibility index (Phi) is 53.9. The van der Waals surface area contributed by atoms with Crippen molar-refractivity contribution in [2.75, 3.05) is 13.2 Å². The van der Waals surface area contributed by atoms with Crippen LogP contribution in [0.15, 0.2) is 97.2 Å². The monoisotopic (exact) mass is 959 g/mol. The van der Waals surface area contributed by atoms with Crippen LogP contribution >= 0.6 is 0 Å². The summed E-state index contributed by atoms with van der Waals surface area (Å²) < 4.78 is 16.7. The molecule has 0 aromatic carbocycles. The summed E-state index contributed by atoms with van der Waals surface area (Å²) in [5, 5.41) is 0. The van der Waals surface area contributed by atoms with E-state index in [1.54, 1.807) is 0 Å². The fourth-order valence-corrected chi connectivity index (χ4v) is 7.84. The Hall–Kier alpha value is -3.67. The fraction of sp³-hybridized carbons (Fsp3) is 0.698. The molecule has 394 valence electrons. The van der Waals surface area contributed by atoms with Crippen molar-refractivity contribution in [1.82, 2.24) is 0 Å². The van der Waals surface area contributed by atoms with Crippen LogP contribution in [0.4, 0.5) is 0 Å². The zero-order valence-corrected chi connectivity index (χ0v) is 45.0. The van der Waals surface area contributed by atoms with E-state index in [0.29, 0.717) is 19.3 Å². The molecule has 0 amide bonds. The van der Waals surface area contributed by atoms with Crippen LogP contribution in [0.2, 0.25) is 0 Å². The van der Waals surface area contributed by atoms with E-state index in [9.17, 15) is 14.4 Å². The van der Waals surface area contributed by atoms with E-state index in [4.69, 9.17) is 14.2 Å². The van der Waals surface area contributed by atoms with Gasteiger partial charge in [0.1, 0.15) is 13.2 Å². The predicted molar refractivity (Wildman–Crippen MR) is 297 cm³/mol. The van der Waals surface area contributed by atoms with Crippen LogP contribution in [-0.2, 0) is 28.6 Å². The number of allylic oxidation sites excluding steroid dienone is 16. The molecule has 0 spiro atoms. The molecule has 0 rings (SSSR count). The molecule has 0 aromatic heterocycles.